The molecule has 1 saturated carbocycles. The van der Waals surface area contributed by atoms with Crippen molar-refractivity contribution >= 4 is 12.0 Å². The third-order valence-corrected chi connectivity index (χ3v) is 5.30. The summed E-state index contributed by atoms with van der Waals surface area (Å²) < 4.78 is 0. The van der Waals surface area contributed by atoms with Crippen LogP contribution in [0.2, 0.25) is 0 Å². The van der Waals surface area contributed by atoms with Gasteiger partial charge in [0.25, 0.3) is 0 Å². The van der Waals surface area contributed by atoms with E-state index >= 15 is 0 Å². The first-order chi connectivity index (χ1) is 11.5. The maximum atomic E-state index is 11.9. The highest BCUT2D eigenvalue weighted by Gasteiger charge is 2.34. The van der Waals surface area contributed by atoms with Crippen molar-refractivity contribution in [2.75, 3.05) is 39.3 Å². The van der Waals surface area contributed by atoms with Gasteiger partial charge in [-0.2, -0.15) is 0 Å². The van der Waals surface area contributed by atoms with E-state index in [-0.39, 0.29) is 24.7 Å². The molecule has 2 fully saturated rings. The van der Waals surface area contributed by atoms with Crippen molar-refractivity contribution in [3.8, 4) is 0 Å². The van der Waals surface area contributed by atoms with Gasteiger partial charge in [0.15, 0.2) is 0 Å². The second-order valence-corrected chi connectivity index (χ2v) is 7.20. The van der Waals surface area contributed by atoms with Crippen molar-refractivity contribution in [1.29, 1.82) is 0 Å². The molecular formula is C17H32N4O3. The van der Waals surface area contributed by atoms with Crippen LogP contribution in [-0.2, 0) is 4.79 Å². The lowest BCUT2D eigenvalue weighted by atomic mass is 9.85. The number of nitrogens with one attached hydrogen (secondary N) is 2. The van der Waals surface area contributed by atoms with E-state index in [0.29, 0.717) is 6.54 Å². The molecule has 0 aromatic rings. The lowest BCUT2D eigenvalue weighted by Crippen LogP contribution is -2.56. The van der Waals surface area contributed by atoms with Gasteiger partial charge in [0, 0.05) is 25.2 Å². The number of piperidine rings is 1. The quantitative estimate of drug-likeness (QED) is 0.613. The minimum Gasteiger partial charge on any atom is -0.480 e. The average Bonchev–Trinajstić information content (AvgIpc) is 2.50. The fraction of sp³-hybridized carbons (Fsp3) is 0.882. The van der Waals surface area contributed by atoms with Gasteiger partial charge in [0.1, 0.15) is 0 Å². The molecule has 3 N–H and O–H groups in total. The standard InChI is InChI=1S/C17H32N4O3/c1-3-21(12-16(22)23)15-10-14(11-15)19-17(24)18-6-9-20-7-4-13(2)5-8-20/h13-15H,3-12H2,1-2H3,(H,22,23)(H2,18,19,24). The number of urea groups is 1. The van der Waals surface area contributed by atoms with Crippen molar-refractivity contribution in [3.05, 3.63) is 0 Å². The summed E-state index contributed by atoms with van der Waals surface area (Å²) in [5, 5.41) is 14.8. The van der Waals surface area contributed by atoms with Crippen LogP contribution in [0.1, 0.15) is 39.5 Å². The van der Waals surface area contributed by atoms with E-state index in [2.05, 4.69) is 22.5 Å². The predicted molar refractivity (Wildman–Crippen MR) is 93.1 cm³/mol. The molecule has 1 saturated heterocycles. The summed E-state index contributed by atoms with van der Waals surface area (Å²) in [5.41, 5.74) is 0. The molecule has 0 atom stereocenters. The molecule has 138 valence electrons. The largest absolute Gasteiger partial charge is 0.480 e. The smallest absolute Gasteiger partial charge is 0.317 e. The molecule has 7 heteroatoms. The SMILES string of the molecule is CCN(CC(=O)O)C1CC(NC(=O)NCCN2CCC(C)CC2)C1. The lowest BCUT2D eigenvalue weighted by molar-refractivity contribution is -0.139. The zero-order valence-corrected chi connectivity index (χ0v) is 15.0. The van der Waals surface area contributed by atoms with Gasteiger partial charge in [0.2, 0.25) is 0 Å². The summed E-state index contributed by atoms with van der Waals surface area (Å²) in [5.74, 6) is 0.0333. The maximum absolute atomic E-state index is 11.9. The first-order valence-electron chi connectivity index (χ1n) is 9.20. The first kappa shape index (κ1) is 19.0. The molecule has 1 aliphatic carbocycles. The molecule has 0 aromatic carbocycles. The summed E-state index contributed by atoms with van der Waals surface area (Å²) in [7, 11) is 0. The number of likely N-dealkylation sites (tertiary alicyclic amines) is 1. The normalized spacial score (nSPS) is 25.3. The molecule has 2 amide bonds. The Hall–Kier alpha value is -1.34. The van der Waals surface area contributed by atoms with E-state index in [9.17, 15) is 9.59 Å². The maximum Gasteiger partial charge on any atom is 0.317 e. The number of carboxylic acid groups (broad SMARTS) is 1. The second-order valence-electron chi connectivity index (χ2n) is 7.20. The molecule has 2 rings (SSSR count). The Morgan fingerprint density at radius 3 is 2.50 bits per heavy atom. The van der Waals surface area contributed by atoms with E-state index in [1.54, 1.807) is 0 Å². The number of rotatable bonds is 8. The van der Waals surface area contributed by atoms with E-state index in [1.165, 1.54) is 12.8 Å². The summed E-state index contributed by atoms with van der Waals surface area (Å²) in [6.45, 7) is 8.92. The van der Waals surface area contributed by atoms with E-state index in [1.807, 2.05) is 11.8 Å². The predicted octanol–water partition coefficient (Wildman–Crippen LogP) is 0.955. The highest BCUT2D eigenvalue weighted by Crippen LogP contribution is 2.25. The van der Waals surface area contributed by atoms with Gasteiger partial charge >= 0.3 is 12.0 Å². The minimum atomic E-state index is -0.793. The van der Waals surface area contributed by atoms with Gasteiger partial charge in [-0.3, -0.25) is 9.69 Å². The summed E-state index contributed by atoms with van der Waals surface area (Å²) in [6.07, 6.45) is 4.16. The number of nitrogens with zero attached hydrogens (tertiary/aromatic N) is 2. The molecule has 1 heterocycles. The van der Waals surface area contributed by atoms with Gasteiger partial charge in [0.05, 0.1) is 6.54 Å². The fourth-order valence-electron chi connectivity index (χ4n) is 3.53. The highest BCUT2D eigenvalue weighted by atomic mass is 16.4. The molecular weight excluding hydrogens is 308 g/mol. The molecule has 7 nitrogen and oxygen atoms in total. The first-order valence-corrected chi connectivity index (χ1v) is 9.20. The second kappa shape index (κ2) is 9.22. The van der Waals surface area contributed by atoms with Crippen LogP contribution in [0, 0.1) is 5.92 Å². The van der Waals surface area contributed by atoms with Crippen molar-refractivity contribution in [1.82, 2.24) is 20.4 Å². The Morgan fingerprint density at radius 1 is 1.25 bits per heavy atom. The van der Waals surface area contributed by atoms with Gasteiger partial charge in [-0.15, -0.1) is 0 Å². The molecule has 1 aliphatic heterocycles. The number of carboxylic acids is 1. The fourth-order valence-corrected chi connectivity index (χ4v) is 3.53. The Bertz CT molecular complexity index is 418. The van der Waals surface area contributed by atoms with Gasteiger partial charge in [-0.05, 0) is 51.2 Å². The van der Waals surface area contributed by atoms with Crippen LogP contribution in [0.15, 0.2) is 0 Å². The molecule has 2 aliphatic rings. The number of aliphatic carboxylic acids is 1. The van der Waals surface area contributed by atoms with Crippen LogP contribution in [0.4, 0.5) is 4.79 Å². The monoisotopic (exact) mass is 340 g/mol. The third kappa shape index (κ3) is 5.94. The summed E-state index contributed by atoms with van der Waals surface area (Å²) in [6, 6.07) is 0.325. The molecule has 0 aromatic heterocycles. The number of carbonyl (C=O) groups is 2. The van der Waals surface area contributed by atoms with Crippen molar-refractivity contribution in [3.63, 3.8) is 0 Å². The molecule has 0 radical (unpaired) electrons. The van der Waals surface area contributed by atoms with Crippen LogP contribution in [0.5, 0.6) is 0 Å². The van der Waals surface area contributed by atoms with Crippen LogP contribution in [-0.4, -0.2) is 78.3 Å². The van der Waals surface area contributed by atoms with Crippen molar-refractivity contribution in [2.45, 2.75) is 51.6 Å². The summed E-state index contributed by atoms with van der Waals surface area (Å²) in [4.78, 5) is 27.1. The topological polar surface area (TPSA) is 84.9 Å². The highest BCUT2D eigenvalue weighted by molar-refractivity contribution is 5.74. The average molecular weight is 340 g/mol. The Morgan fingerprint density at radius 2 is 1.92 bits per heavy atom. The Balaban J connectivity index is 1.55. The molecule has 24 heavy (non-hydrogen) atoms. The van der Waals surface area contributed by atoms with E-state index < -0.39 is 5.97 Å². The number of hydrogen-bond acceptors (Lipinski definition) is 4. The van der Waals surface area contributed by atoms with Crippen LogP contribution in [0.3, 0.4) is 0 Å². The van der Waals surface area contributed by atoms with Crippen LogP contribution in [0.25, 0.3) is 0 Å². The Kier molecular flexibility index (Phi) is 7.30. The number of likely N-dealkylation sites (N-methyl/N-ethyl adjacent to an activating group) is 1. The minimum absolute atomic E-state index is 0.0779. The van der Waals surface area contributed by atoms with E-state index in [0.717, 1.165) is 44.9 Å². The number of amides is 2. The number of hydrogen-bond donors (Lipinski definition) is 3. The third-order valence-electron chi connectivity index (χ3n) is 5.30. The molecule has 0 bridgehead atoms. The lowest BCUT2D eigenvalue weighted by Gasteiger charge is -2.42. The molecule has 0 unspecified atom stereocenters. The van der Waals surface area contributed by atoms with Crippen LogP contribution >= 0.6 is 0 Å². The van der Waals surface area contributed by atoms with Gasteiger partial charge < -0.3 is 20.6 Å². The zero-order valence-electron chi connectivity index (χ0n) is 15.0. The van der Waals surface area contributed by atoms with Gasteiger partial charge in [-0.1, -0.05) is 13.8 Å². The Labute approximate surface area is 144 Å². The van der Waals surface area contributed by atoms with Gasteiger partial charge in [-0.25, -0.2) is 4.79 Å². The zero-order chi connectivity index (χ0) is 17.5. The number of carbonyl (C=O) groups excluding carboxylic acids is 1. The molecule has 0 spiro atoms. The van der Waals surface area contributed by atoms with E-state index in [4.69, 9.17) is 5.11 Å². The van der Waals surface area contributed by atoms with Crippen LogP contribution < -0.4 is 10.6 Å². The summed E-state index contributed by atoms with van der Waals surface area (Å²) >= 11 is 0. The van der Waals surface area contributed by atoms with Crippen molar-refractivity contribution in [2.24, 2.45) is 5.92 Å². The van der Waals surface area contributed by atoms with Crippen molar-refractivity contribution < 1.29 is 14.7 Å².